The number of hydrogen-bond acceptors (Lipinski definition) is 3. The molecule has 3 heteroatoms. The van der Waals surface area contributed by atoms with E-state index in [0.29, 0.717) is 6.42 Å². The summed E-state index contributed by atoms with van der Waals surface area (Å²) in [6, 6.07) is 0. The molecule has 2 aliphatic rings. The summed E-state index contributed by atoms with van der Waals surface area (Å²) in [5.41, 5.74) is 2.06. The van der Waals surface area contributed by atoms with Crippen molar-refractivity contribution in [3.63, 3.8) is 0 Å². The number of aliphatic hydroxyl groups is 1. The van der Waals surface area contributed by atoms with Gasteiger partial charge in [0.1, 0.15) is 0 Å². The van der Waals surface area contributed by atoms with Crippen molar-refractivity contribution in [1.82, 2.24) is 0 Å². The van der Waals surface area contributed by atoms with Gasteiger partial charge in [0.05, 0.1) is 19.1 Å². The first-order chi connectivity index (χ1) is 8.13. The van der Waals surface area contributed by atoms with E-state index in [1.165, 1.54) is 18.3 Å². The molecule has 0 aromatic rings. The number of ether oxygens (including phenoxy) is 1. The van der Waals surface area contributed by atoms with E-state index in [1.54, 1.807) is 0 Å². The normalized spacial score (nSPS) is 33.8. The SMILES string of the molecule is COC(=O)C/C1=C2\CCCC(O)(CCCC1)C2. The van der Waals surface area contributed by atoms with Crippen molar-refractivity contribution in [1.29, 1.82) is 0 Å². The van der Waals surface area contributed by atoms with Crippen molar-refractivity contribution >= 4 is 5.97 Å². The van der Waals surface area contributed by atoms with Crippen molar-refractivity contribution < 1.29 is 14.6 Å². The standard InChI is InChI=1S/C14H22O3/c1-17-13(15)9-11-5-2-3-7-14(16)8-4-6-12(11)10-14/h16H,2-10H2,1H3/b12-11+. The number of esters is 1. The van der Waals surface area contributed by atoms with Crippen LogP contribution < -0.4 is 0 Å². The molecule has 0 heterocycles. The van der Waals surface area contributed by atoms with E-state index >= 15 is 0 Å². The van der Waals surface area contributed by atoms with Crippen LogP contribution in [0.4, 0.5) is 0 Å². The minimum Gasteiger partial charge on any atom is -0.469 e. The Bertz CT molecular complexity index is 332. The van der Waals surface area contributed by atoms with Gasteiger partial charge < -0.3 is 9.84 Å². The molecule has 96 valence electrons. The van der Waals surface area contributed by atoms with Crippen LogP contribution in [-0.2, 0) is 9.53 Å². The van der Waals surface area contributed by atoms with Crippen LogP contribution in [0.25, 0.3) is 0 Å². The monoisotopic (exact) mass is 238 g/mol. The first kappa shape index (κ1) is 12.6. The highest BCUT2D eigenvalue weighted by Gasteiger charge is 2.33. The van der Waals surface area contributed by atoms with E-state index in [9.17, 15) is 9.90 Å². The molecule has 0 aromatic heterocycles. The number of carbonyl (C=O) groups excluding carboxylic acids is 1. The van der Waals surface area contributed by atoms with Gasteiger partial charge in [-0.1, -0.05) is 17.6 Å². The molecular formula is C14H22O3. The average Bonchev–Trinajstić information content (AvgIpc) is 2.31. The molecule has 2 rings (SSSR count). The summed E-state index contributed by atoms with van der Waals surface area (Å²) in [7, 11) is 1.44. The van der Waals surface area contributed by atoms with E-state index in [1.807, 2.05) is 0 Å². The van der Waals surface area contributed by atoms with Gasteiger partial charge in [-0.25, -0.2) is 0 Å². The van der Waals surface area contributed by atoms with Crippen molar-refractivity contribution in [3.8, 4) is 0 Å². The van der Waals surface area contributed by atoms with Gasteiger partial charge in [-0.05, 0) is 44.9 Å². The van der Waals surface area contributed by atoms with E-state index in [-0.39, 0.29) is 5.97 Å². The van der Waals surface area contributed by atoms with Gasteiger partial charge in [0.2, 0.25) is 0 Å². The lowest BCUT2D eigenvalue weighted by Gasteiger charge is -2.36. The van der Waals surface area contributed by atoms with Gasteiger partial charge in [-0.2, -0.15) is 0 Å². The second kappa shape index (κ2) is 5.21. The molecule has 2 bridgehead atoms. The first-order valence-corrected chi connectivity index (χ1v) is 6.62. The molecule has 1 N–H and O–H groups in total. The molecule has 1 saturated carbocycles. The zero-order valence-corrected chi connectivity index (χ0v) is 10.6. The number of methoxy groups -OCH3 is 1. The molecule has 0 saturated heterocycles. The lowest BCUT2D eigenvalue weighted by Crippen LogP contribution is -2.33. The summed E-state index contributed by atoms with van der Waals surface area (Å²) < 4.78 is 4.75. The zero-order chi connectivity index (χ0) is 12.3. The van der Waals surface area contributed by atoms with Gasteiger partial charge in [-0.15, -0.1) is 0 Å². The fourth-order valence-electron chi connectivity index (χ4n) is 3.15. The summed E-state index contributed by atoms with van der Waals surface area (Å²) in [6.07, 6.45) is 8.28. The third kappa shape index (κ3) is 3.09. The largest absolute Gasteiger partial charge is 0.469 e. The quantitative estimate of drug-likeness (QED) is 0.594. The van der Waals surface area contributed by atoms with Gasteiger partial charge in [0, 0.05) is 0 Å². The van der Waals surface area contributed by atoms with Crippen molar-refractivity contribution in [2.24, 2.45) is 0 Å². The molecule has 3 nitrogen and oxygen atoms in total. The third-order valence-corrected chi connectivity index (χ3v) is 4.12. The Hall–Kier alpha value is -0.830. The number of fused-ring (bicyclic) bond motifs is 2. The maximum Gasteiger partial charge on any atom is 0.309 e. The predicted octanol–water partition coefficient (Wildman–Crippen LogP) is 2.73. The summed E-state index contributed by atoms with van der Waals surface area (Å²) in [5.74, 6) is -0.151. The Balaban J connectivity index is 2.18. The molecule has 0 aromatic carbocycles. The molecule has 1 fully saturated rings. The summed E-state index contributed by atoms with van der Waals surface area (Å²) >= 11 is 0. The highest BCUT2D eigenvalue weighted by Crippen LogP contribution is 2.40. The van der Waals surface area contributed by atoms with Gasteiger partial charge in [-0.3, -0.25) is 4.79 Å². The highest BCUT2D eigenvalue weighted by atomic mass is 16.5. The topological polar surface area (TPSA) is 46.5 Å². The third-order valence-electron chi connectivity index (χ3n) is 4.12. The van der Waals surface area contributed by atoms with Crippen LogP contribution in [0.1, 0.15) is 57.8 Å². The van der Waals surface area contributed by atoms with Gasteiger partial charge in [0.15, 0.2) is 0 Å². The van der Waals surface area contributed by atoms with Crippen LogP contribution in [0, 0.1) is 0 Å². The fraction of sp³-hybridized carbons (Fsp3) is 0.786. The van der Waals surface area contributed by atoms with Crippen LogP contribution in [0.2, 0.25) is 0 Å². The zero-order valence-electron chi connectivity index (χ0n) is 10.6. The van der Waals surface area contributed by atoms with Crippen LogP contribution in [0.15, 0.2) is 11.1 Å². The van der Waals surface area contributed by atoms with E-state index in [4.69, 9.17) is 4.74 Å². The Morgan fingerprint density at radius 2 is 2.06 bits per heavy atom. The maximum atomic E-state index is 11.4. The van der Waals surface area contributed by atoms with Crippen molar-refractivity contribution in [2.75, 3.05) is 7.11 Å². The van der Waals surface area contributed by atoms with Crippen LogP contribution in [0.5, 0.6) is 0 Å². The molecule has 0 amide bonds. The molecule has 0 aliphatic heterocycles. The summed E-state index contributed by atoms with van der Waals surface area (Å²) in [6.45, 7) is 0. The Labute approximate surface area is 103 Å². The average molecular weight is 238 g/mol. The molecule has 0 radical (unpaired) electrons. The lowest BCUT2D eigenvalue weighted by atomic mass is 9.74. The molecule has 1 atom stereocenters. The van der Waals surface area contributed by atoms with E-state index in [2.05, 4.69) is 0 Å². The fourth-order valence-corrected chi connectivity index (χ4v) is 3.15. The molecule has 2 aliphatic carbocycles. The van der Waals surface area contributed by atoms with Gasteiger partial charge in [0.25, 0.3) is 0 Å². The maximum absolute atomic E-state index is 11.4. The Kier molecular flexibility index (Phi) is 3.87. The predicted molar refractivity (Wildman–Crippen MR) is 65.5 cm³/mol. The molecule has 17 heavy (non-hydrogen) atoms. The minimum atomic E-state index is -0.491. The van der Waals surface area contributed by atoms with Gasteiger partial charge >= 0.3 is 5.97 Å². The smallest absolute Gasteiger partial charge is 0.309 e. The van der Waals surface area contributed by atoms with Crippen molar-refractivity contribution in [3.05, 3.63) is 11.1 Å². The molecule has 1 unspecified atom stereocenters. The number of carbonyl (C=O) groups is 1. The molecular weight excluding hydrogens is 216 g/mol. The second-order valence-electron chi connectivity index (χ2n) is 5.42. The summed E-state index contributed by atoms with van der Waals surface area (Å²) in [5, 5.41) is 10.5. The number of hydrogen-bond donors (Lipinski definition) is 1. The lowest BCUT2D eigenvalue weighted by molar-refractivity contribution is -0.139. The van der Waals surface area contributed by atoms with Crippen LogP contribution in [-0.4, -0.2) is 23.8 Å². The van der Waals surface area contributed by atoms with Crippen LogP contribution in [0.3, 0.4) is 0 Å². The Morgan fingerprint density at radius 1 is 1.29 bits per heavy atom. The highest BCUT2D eigenvalue weighted by molar-refractivity contribution is 5.72. The van der Waals surface area contributed by atoms with E-state index in [0.717, 1.165) is 51.4 Å². The molecule has 0 spiro atoms. The Morgan fingerprint density at radius 3 is 2.82 bits per heavy atom. The van der Waals surface area contributed by atoms with Crippen molar-refractivity contribution in [2.45, 2.75) is 63.4 Å². The summed E-state index contributed by atoms with van der Waals surface area (Å²) in [4.78, 5) is 11.4. The first-order valence-electron chi connectivity index (χ1n) is 6.62. The second-order valence-corrected chi connectivity index (χ2v) is 5.42. The van der Waals surface area contributed by atoms with Crippen LogP contribution >= 0.6 is 0 Å². The number of rotatable bonds is 2. The van der Waals surface area contributed by atoms with E-state index < -0.39 is 5.60 Å². The minimum absolute atomic E-state index is 0.151.